The lowest BCUT2D eigenvalue weighted by Crippen LogP contribution is -2.07. The third-order valence-corrected chi connectivity index (χ3v) is 2.60. The summed E-state index contributed by atoms with van der Waals surface area (Å²) < 4.78 is 5.09. The Morgan fingerprint density at radius 1 is 1.47 bits per heavy atom. The molecule has 0 radical (unpaired) electrons. The average molecular weight is 204 g/mol. The van der Waals surface area contributed by atoms with Crippen LogP contribution >= 0.6 is 0 Å². The number of methoxy groups -OCH3 is 1. The third-order valence-electron chi connectivity index (χ3n) is 2.60. The number of fused-ring (bicyclic) bond motifs is 1. The van der Waals surface area contributed by atoms with E-state index < -0.39 is 5.97 Å². The number of aliphatic carboxylic acids is 1. The Morgan fingerprint density at radius 2 is 2.27 bits per heavy atom. The number of hydrogen-bond acceptors (Lipinski definition) is 2. The molecule has 0 saturated carbocycles. The van der Waals surface area contributed by atoms with Crippen LogP contribution in [0.25, 0.3) is 5.57 Å². The van der Waals surface area contributed by atoms with E-state index in [1.54, 1.807) is 19.3 Å². The molecule has 1 aromatic rings. The Morgan fingerprint density at radius 3 is 2.93 bits per heavy atom. The van der Waals surface area contributed by atoms with Crippen LogP contribution in [0, 0.1) is 0 Å². The maximum absolute atomic E-state index is 11.0. The molecule has 1 aliphatic carbocycles. The van der Waals surface area contributed by atoms with Gasteiger partial charge >= 0.3 is 5.97 Å². The number of benzene rings is 1. The van der Waals surface area contributed by atoms with Crippen LogP contribution < -0.4 is 4.74 Å². The van der Waals surface area contributed by atoms with Gasteiger partial charge in [-0.2, -0.15) is 0 Å². The number of hydrogen-bond donors (Lipinski definition) is 1. The van der Waals surface area contributed by atoms with Crippen molar-refractivity contribution in [2.45, 2.75) is 12.8 Å². The van der Waals surface area contributed by atoms with Crippen molar-refractivity contribution >= 4 is 11.5 Å². The first-order valence-electron chi connectivity index (χ1n) is 4.83. The molecule has 1 aliphatic rings. The van der Waals surface area contributed by atoms with E-state index in [0.29, 0.717) is 11.3 Å². The Hall–Kier alpha value is -1.77. The zero-order chi connectivity index (χ0) is 10.8. The van der Waals surface area contributed by atoms with E-state index in [2.05, 4.69) is 0 Å². The standard InChI is InChI=1S/C12H12O3/c1-15-9-6-5-8-3-2-4-10(12(13)14)11(8)7-9/h4-7H,2-3H2,1H3,(H,13,14). The SMILES string of the molecule is COc1ccc2c(c1)C(C(=O)O)=CCC2. The predicted molar refractivity (Wildman–Crippen MR) is 56.9 cm³/mol. The van der Waals surface area contributed by atoms with Gasteiger partial charge < -0.3 is 9.84 Å². The van der Waals surface area contributed by atoms with Gasteiger partial charge in [0.25, 0.3) is 0 Å². The van der Waals surface area contributed by atoms with Crippen LogP contribution in [0.1, 0.15) is 17.5 Å². The van der Waals surface area contributed by atoms with E-state index in [1.165, 1.54) is 0 Å². The summed E-state index contributed by atoms with van der Waals surface area (Å²) in [5.74, 6) is -0.174. The van der Waals surface area contributed by atoms with E-state index in [1.807, 2.05) is 12.1 Å². The van der Waals surface area contributed by atoms with Crippen LogP contribution in [-0.4, -0.2) is 18.2 Å². The molecule has 0 unspecified atom stereocenters. The molecule has 0 aromatic heterocycles. The van der Waals surface area contributed by atoms with Gasteiger partial charge in [0.15, 0.2) is 0 Å². The molecule has 3 heteroatoms. The van der Waals surface area contributed by atoms with Crippen molar-refractivity contribution in [3.05, 3.63) is 35.4 Å². The van der Waals surface area contributed by atoms with Gasteiger partial charge in [-0.3, -0.25) is 0 Å². The molecule has 0 fully saturated rings. The quantitative estimate of drug-likeness (QED) is 0.802. The van der Waals surface area contributed by atoms with Gasteiger partial charge in [-0.15, -0.1) is 0 Å². The second-order valence-corrected chi connectivity index (χ2v) is 3.48. The van der Waals surface area contributed by atoms with Crippen LogP contribution in [-0.2, 0) is 11.2 Å². The van der Waals surface area contributed by atoms with E-state index in [9.17, 15) is 4.79 Å². The molecule has 0 spiro atoms. The minimum Gasteiger partial charge on any atom is -0.497 e. The first-order valence-corrected chi connectivity index (χ1v) is 4.83. The number of carboxylic acids is 1. The monoisotopic (exact) mass is 204 g/mol. The van der Waals surface area contributed by atoms with Gasteiger partial charge in [0, 0.05) is 0 Å². The van der Waals surface area contributed by atoms with Crippen molar-refractivity contribution < 1.29 is 14.6 Å². The fourth-order valence-corrected chi connectivity index (χ4v) is 1.84. The van der Waals surface area contributed by atoms with Crippen molar-refractivity contribution in [1.29, 1.82) is 0 Å². The lowest BCUT2D eigenvalue weighted by Gasteiger charge is -2.15. The molecule has 0 atom stereocenters. The molecular weight excluding hydrogens is 192 g/mol. The summed E-state index contributed by atoms with van der Waals surface area (Å²) in [7, 11) is 1.58. The summed E-state index contributed by atoms with van der Waals surface area (Å²) >= 11 is 0. The lowest BCUT2D eigenvalue weighted by atomic mass is 9.91. The van der Waals surface area contributed by atoms with Crippen LogP contribution in [0.2, 0.25) is 0 Å². The van der Waals surface area contributed by atoms with Crippen molar-refractivity contribution in [2.24, 2.45) is 0 Å². The highest BCUT2D eigenvalue weighted by Crippen LogP contribution is 2.29. The summed E-state index contributed by atoms with van der Waals surface area (Å²) in [6.07, 6.45) is 3.46. The number of carbonyl (C=O) groups is 1. The van der Waals surface area contributed by atoms with E-state index in [-0.39, 0.29) is 0 Å². The van der Waals surface area contributed by atoms with E-state index >= 15 is 0 Å². The molecule has 2 rings (SSSR count). The number of ether oxygens (including phenoxy) is 1. The van der Waals surface area contributed by atoms with Gasteiger partial charge in [-0.05, 0) is 36.1 Å². The lowest BCUT2D eigenvalue weighted by molar-refractivity contribution is -0.130. The Bertz CT molecular complexity index is 432. The van der Waals surface area contributed by atoms with Gasteiger partial charge in [0.05, 0.1) is 12.7 Å². The third kappa shape index (κ3) is 1.73. The first-order chi connectivity index (χ1) is 7.22. The van der Waals surface area contributed by atoms with Crippen LogP contribution in [0.5, 0.6) is 5.75 Å². The zero-order valence-electron chi connectivity index (χ0n) is 8.49. The van der Waals surface area contributed by atoms with Crippen molar-refractivity contribution in [1.82, 2.24) is 0 Å². The second-order valence-electron chi connectivity index (χ2n) is 3.48. The summed E-state index contributed by atoms with van der Waals surface area (Å²) in [5.41, 5.74) is 2.25. The van der Waals surface area contributed by atoms with Gasteiger partial charge in [-0.1, -0.05) is 12.1 Å². The molecule has 0 saturated heterocycles. The maximum atomic E-state index is 11.0. The average Bonchev–Trinajstić information content (AvgIpc) is 2.27. The summed E-state index contributed by atoms with van der Waals surface area (Å²) in [4.78, 5) is 11.0. The number of carboxylic acid groups (broad SMARTS) is 1. The molecule has 78 valence electrons. The van der Waals surface area contributed by atoms with Gasteiger partial charge in [0.1, 0.15) is 5.75 Å². The summed E-state index contributed by atoms with van der Waals surface area (Å²) in [6.45, 7) is 0. The highest BCUT2D eigenvalue weighted by molar-refractivity contribution is 6.16. The Kier molecular flexibility index (Phi) is 2.46. The van der Waals surface area contributed by atoms with Crippen molar-refractivity contribution in [3.8, 4) is 5.75 Å². The van der Waals surface area contributed by atoms with Crippen LogP contribution in [0.15, 0.2) is 24.3 Å². The Labute approximate surface area is 88.0 Å². The molecule has 0 amide bonds. The number of rotatable bonds is 2. The topological polar surface area (TPSA) is 46.5 Å². The molecular formula is C12H12O3. The van der Waals surface area contributed by atoms with Gasteiger partial charge in [0.2, 0.25) is 0 Å². The maximum Gasteiger partial charge on any atom is 0.335 e. The highest BCUT2D eigenvalue weighted by Gasteiger charge is 2.18. The Balaban J connectivity index is 2.52. The minimum absolute atomic E-state index is 0.384. The first kappa shape index (κ1) is 9.77. The molecule has 15 heavy (non-hydrogen) atoms. The second kappa shape index (κ2) is 3.77. The minimum atomic E-state index is -0.871. The molecule has 3 nitrogen and oxygen atoms in total. The summed E-state index contributed by atoms with van der Waals surface area (Å²) in [6, 6.07) is 5.59. The molecule has 1 aromatic carbocycles. The van der Waals surface area contributed by atoms with Crippen LogP contribution in [0.3, 0.4) is 0 Å². The number of allylic oxidation sites excluding steroid dienone is 1. The number of aryl methyl sites for hydroxylation is 1. The molecule has 0 aliphatic heterocycles. The smallest absolute Gasteiger partial charge is 0.335 e. The van der Waals surface area contributed by atoms with Crippen molar-refractivity contribution in [2.75, 3.05) is 7.11 Å². The molecule has 0 heterocycles. The molecule has 1 N–H and O–H groups in total. The molecule has 0 bridgehead atoms. The van der Waals surface area contributed by atoms with Gasteiger partial charge in [-0.25, -0.2) is 4.79 Å². The van der Waals surface area contributed by atoms with E-state index in [4.69, 9.17) is 9.84 Å². The van der Waals surface area contributed by atoms with Crippen molar-refractivity contribution in [3.63, 3.8) is 0 Å². The van der Waals surface area contributed by atoms with Crippen LogP contribution in [0.4, 0.5) is 0 Å². The zero-order valence-corrected chi connectivity index (χ0v) is 8.49. The highest BCUT2D eigenvalue weighted by atomic mass is 16.5. The largest absolute Gasteiger partial charge is 0.497 e. The normalized spacial score (nSPS) is 14.1. The predicted octanol–water partition coefficient (Wildman–Crippen LogP) is 2.11. The van der Waals surface area contributed by atoms with E-state index in [0.717, 1.165) is 24.0 Å². The fraction of sp³-hybridized carbons (Fsp3) is 0.250. The fourth-order valence-electron chi connectivity index (χ4n) is 1.84. The summed E-state index contributed by atoms with van der Waals surface area (Å²) in [5, 5.41) is 9.04.